The first-order valence-electron chi connectivity index (χ1n) is 7.17. The van der Waals surface area contributed by atoms with Gasteiger partial charge < -0.3 is 23.3 Å². The van der Waals surface area contributed by atoms with Crippen LogP contribution in [-0.2, 0) is 32.6 Å². The lowest BCUT2D eigenvalue weighted by Crippen LogP contribution is -2.35. The van der Waals surface area contributed by atoms with Crippen molar-refractivity contribution in [1.29, 1.82) is 0 Å². The van der Waals surface area contributed by atoms with Gasteiger partial charge in [0.15, 0.2) is 12.1 Å². The average molecular weight is 356 g/mol. The normalized spacial score (nSPS) is 24.1. The van der Waals surface area contributed by atoms with E-state index in [4.69, 9.17) is 23.3 Å². The Morgan fingerprint density at radius 3 is 2.46 bits per heavy atom. The van der Waals surface area contributed by atoms with Crippen LogP contribution in [0.1, 0.15) is 10.4 Å². The first kappa shape index (κ1) is 18.8. The molecule has 1 aromatic carbocycles. The second kappa shape index (κ2) is 8.05. The van der Waals surface area contributed by atoms with Gasteiger partial charge in [0.2, 0.25) is 12.4 Å². The van der Waals surface area contributed by atoms with Crippen molar-refractivity contribution in [3.63, 3.8) is 0 Å². The Balaban J connectivity index is 2.06. The molecule has 0 saturated carbocycles. The molecule has 0 radical (unpaired) electrons. The topological polar surface area (TPSA) is 97.4 Å². The standard InChI is InChI=1S/C14H18BO8P/c1-19-24(18,20-2)8-21-14-11(10(16)12(15)23-14)22-13(17)9-6-4-3-5-7-9/h3-7,11-12,14H,8,15H2,1-2H3. The second-order valence-electron chi connectivity index (χ2n) is 5.01. The molecule has 0 aliphatic carbocycles. The van der Waals surface area contributed by atoms with Crippen LogP contribution in [0.3, 0.4) is 0 Å². The molecule has 1 fully saturated rings. The van der Waals surface area contributed by atoms with Crippen LogP contribution in [0.4, 0.5) is 0 Å². The summed E-state index contributed by atoms with van der Waals surface area (Å²) in [4.78, 5) is 24.3. The number of rotatable bonds is 7. The van der Waals surface area contributed by atoms with E-state index in [9.17, 15) is 14.2 Å². The van der Waals surface area contributed by atoms with Crippen molar-refractivity contribution in [3.8, 4) is 0 Å². The fraction of sp³-hybridized carbons (Fsp3) is 0.429. The van der Waals surface area contributed by atoms with Gasteiger partial charge in [-0.2, -0.15) is 0 Å². The van der Waals surface area contributed by atoms with Crippen LogP contribution in [0, 0.1) is 0 Å². The molecule has 0 amide bonds. The van der Waals surface area contributed by atoms with Crippen LogP contribution in [0.2, 0.25) is 0 Å². The molecule has 130 valence electrons. The molecule has 10 heteroatoms. The number of carbonyl (C=O) groups excluding carboxylic acids is 2. The van der Waals surface area contributed by atoms with Gasteiger partial charge in [-0.15, -0.1) is 0 Å². The molecule has 1 aliphatic rings. The molecule has 0 spiro atoms. The fourth-order valence-corrected chi connectivity index (χ4v) is 2.74. The Hall–Kier alpha value is -1.51. The van der Waals surface area contributed by atoms with E-state index in [0.29, 0.717) is 5.56 Å². The molecule has 1 heterocycles. The zero-order valence-corrected chi connectivity index (χ0v) is 14.4. The highest BCUT2D eigenvalue weighted by atomic mass is 31.2. The quantitative estimate of drug-likeness (QED) is 0.397. The van der Waals surface area contributed by atoms with E-state index in [1.54, 1.807) is 30.3 Å². The molecule has 24 heavy (non-hydrogen) atoms. The first-order chi connectivity index (χ1) is 11.4. The molecule has 3 atom stereocenters. The molecular formula is C14H18BO8P. The van der Waals surface area contributed by atoms with Crippen molar-refractivity contribution >= 4 is 27.2 Å². The summed E-state index contributed by atoms with van der Waals surface area (Å²) in [7, 11) is 0.494. The number of hydrogen-bond acceptors (Lipinski definition) is 8. The van der Waals surface area contributed by atoms with E-state index >= 15 is 0 Å². The molecule has 1 aliphatic heterocycles. The third-order valence-electron chi connectivity index (χ3n) is 3.46. The molecule has 0 aromatic heterocycles. The number of ketones is 1. The van der Waals surface area contributed by atoms with E-state index in [1.807, 2.05) is 0 Å². The Bertz CT molecular complexity index is 629. The molecule has 0 bridgehead atoms. The van der Waals surface area contributed by atoms with Crippen LogP contribution in [-0.4, -0.2) is 58.6 Å². The van der Waals surface area contributed by atoms with Crippen LogP contribution in [0.5, 0.6) is 0 Å². The van der Waals surface area contributed by atoms with Gasteiger partial charge in [0, 0.05) is 14.2 Å². The Kier molecular flexibility index (Phi) is 6.31. The van der Waals surface area contributed by atoms with Gasteiger partial charge in [-0.25, -0.2) is 4.79 Å². The summed E-state index contributed by atoms with van der Waals surface area (Å²) in [6, 6.07) is 7.41. The molecule has 0 N–H and O–H groups in total. The van der Waals surface area contributed by atoms with E-state index in [0.717, 1.165) is 0 Å². The zero-order chi connectivity index (χ0) is 17.7. The number of Topliss-reactive ketones (excluding diaryl/α,β-unsaturated/α-hetero) is 1. The van der Waals surface area contributed by atoms with Crippen LogP contribution < -0.4 is 0 Å². The molecule has 8 nitrogen and oxygen atoms in total. The lowest BCUT2D eigenvalue weighted by molar-refractivity contribution is -0.150. The van der Waals surface area contributed by atoms with Gasteiger partial charge in [0.1, 0.15) is 7.85 Å². The Morgan fingerprint density at radius 2 is 1.88 bits per heavy atom. The maximum absolute atomic E-state index is 12.1. The number of esters is 1. The third kappa shape index (κ3) is 4.31. The van der Waals surface area contributed by atoms with Crippen LogP contribution in [0.25, 0.3) is 0 Å². The van der Waals surface area contributed by atoms with E-state index in [-0.39, 0.29) is 0 Å². The van der Waals surface area contributed by atoms with Gasteiger partial charge in [-0.3, -0.25) is 9.36 Å². The number of hydrogen-bond donors (Lipinski definition) is 0. The number of carbonyl (C=O) groups is 2. The Morgan fingerprint density at radius 1 is 1.25 bits per heavy atom. The summed E-state index contributed by atoms with van der Waals surface area (Å²) in [6.45, 7) is 0. The molecule has 1 saturated heterocycles. The van der Waals surface area contributed by atoms with Crippen molar-refractivity contribution in [2.24, 2.45) is 0 Å². The molecule has 1 aromatic rings. The van der Waals surface area contributed by atoms with Crippen molar-refractivity contribution in [2.75, 3.05) is 20.6 Å². The third-order valence-corrected chi connectivity index (χ3v) is 5.04. The first-order valence-corrected chi connectivity index (χ1v) is 8.90. The number of ether oxygens (including phenoxy) is 3. The van der Waals surface area contributed by atoms with Gasteiger partial charge >= 0.3 is 13.6 Å². The highest BCUT2D eigenvalue weighted by molar-refractivity contribution is 7.53. The van der Waals surface area contributed by atoms with Gasteiger partial charge in [0.25, 0.3) is 0 Å². The maximum Gasteiger partial charge on any atom is 0.355 e. The van der Waals surface area contributed by atoms with E-state index in [2.05, 4.69) is 0 Å². The molecular weight excluding hydrogens is 338 g/mol. The van der Waals surface area contributed by atoms with Crippen LogP contribution >= 0.6 is 7.60 Å². The monoisotopic (exact) mass is 356 g/mol. The summed E-state index contributed by atoms with van der Waals surface area (Å²) in [5.41, 5.74) is 0.294. The summed E-state index contributed by atoms with van der Waals surface area (Å²) in [5.74, 6) is -1.11. The van der Waals surface area contributed by atoms with Gasteiger partial charge in [-0.1, -0.05) is 18.2 Å². The van der Waals surface area contributed by atoms with Crippen molar-refractivity contribution < 1.29 is 37.4 Å². The summed E-state index contributed by atoms with van der Waals surface area (Å²) >= 11 is 0. The Labute approximate surface area is 140 Å². The lowest BCUT2D eigenvalue weighted by atomic mass is 9.95. The van der Waals surface area contributed by atoms with E-state index < -0.39 is 44.1 Å². The fourth-order valence-electron chi connectivity index (χ4n) is 2.05. The second-order valence-corrected chi connectivity index (χ2v) is 7.22. The largest absolute Gasteiger partial charge is 0.445 e. The predicted octanol–water partition coefficient (Wildman–Crippen LogP) is 0.557. The van der Waals surface area contributed by atoms with Crippen LogP contribution in [0.15, 0.2) is 30.3 Å². The molecule has 3 unspecified atom stereocenters. The minimum absolute atomic E-state index is 0.294. The number of benzene rings is 1. The minimum Gasteiger partial charge on any atom is -0.445 e. The van der Waals surface area contributed by atoms with Gasteiger partial charge in [0.05, 0.1) is 11.6 Å². The SMILES string of the molecule is BC1OC(OCP(=O)(OC)OC)C(OC(=O)c2ccccc2)C1=O. The zero-order valence-electron chi connectivity index (χ0n) is 13.5. The highest BCUT2D eigenvalue weighted by Gasteiger charge is 2.45. The summed E-state index contributed by atoms with van der Waals surface area (Å²) in [5, 5.41) is 0. The summed E-state index contributed by atoms with van der Waals surface area (Å²) < 4.78 is 37.3. The maximum atomic E-state index is 12.1. The summed E-state index contributed by atoms with van der Waals surface area (Å²) in [6.07, 6.45) is -2.88. The lowest BCUT2D eigenvalue weighted by Gasteiger charge is -2.20. The predicted molar refractivity (Wildman–Crippen MR) is 85.4 cm³/mol. The minimum atomic E-state index is -3.45. The van der Waals surface area contributed by atoms with Gasteiger partial charge in [-0.05, 0) is 12.1 Å². The molecule has 2 rings (SSSR count). The smallest absolute Gasteiger partial charge is 0.355 e. The van der Waals surface area contributed by atoms with Crippen molar-refractivity contribution in [1.82, 2.24) is 0 Å². The van der Waals surface area contributed by atoms with Crippen molar-refractivity contribution in [2.45, 2.75) is 18.4 Å². The highest BCUT2D eigenvalue weighted by Crippen LogP contribution is 2.46. The average Bonchev–Trinajstić information content (AvgIpc) is 2.88. The van der Waals surface area contributed by atoms with E-state index in [1.165, 1.54) is 22.1 Å². The van der Waals surface area contributed by atoms with Crippen molar-refractivity contribution in [3.05, 3.63) is 35.9 Å².